The molecule has 5 heteroatoms. The molecule has 0 aliphatic carbocycles. The number of nitrogens with two attached hydrogens (primary N) is 1. The van der Waals surface area contributed by atoms with E-state index in [0.29, 0.717) is 5.69 Å². The monoisotopic (exact) mass is 224 g/mol. The van der Waals surface area contributed by atoms with Gasteiger partial charge in [0, 0.05) is 12.4 Å². The SMILES string of the molecule is CCCCCSc1nccnc1C(=N)N. The summed E-state index contributed by atoms with van der Waals surface area (Å²) < 4.78 is 0. The number of nitrogen functional groups attached to an aromatic ring is 1. The molecular weight excluding hydrogens is 208 g/mol. The quantitative estimate of drug-likeness (QED) is 0.335. The third-order valence-electron chi connectivity index (χ3n) is 1.91. The van der Waals surface area contributed by atoms with Gasteiger partial charge >= 0.3 is 0 Å². The van der Waals surface area contributed by atoms with Crippen LogP contribution < -0.4 is 5.73 Å². The van der Waals surface area contributed by atoms with Crippen LogP contribution in [0.3, 0.4) is 0 Å². The van der Waals surface area contributed by atoms with Gasteiger partial charge in [0.2, 0.25) is 0 Å². The van der Waals surface area contributed by atoms with Crippen molar-refractivity contribution in [2.75, 3.05) is 5.75 Å². The van der Waals surface area contributed by atoms with Crippen LogP contribution in [0.2, 0.25) is 0 Å². The van der Waals surface area contributed by atoms with Gasteiger partial charge in [-0.3, -0.25) is 5.41 Å². The Kier molecular flexibility index (Phi) is 5.10. The number of aromatic nitrogens is 2. The molecule has 0 bridgehead atoms. The Morgan fingerprint density at radius 1 is 1.40 bits per heavy atom. The van der Waals surface area contributed by atoms with E-state index in [1.165, 1.54) is 12.8 Å². The molecule has 0 aromatic carbocycles. The van der Waals surface area contributed by atoms with Gasteiger partial charge in [0.05, 0.1) is 0 Å². The largest absolute Gasteiger partial charge is 0.382 e. The molecule has 0 spiro atoms. The number of thioether (sulfide) groups is 1. The molecule has 4 nitrogen and oxygen atoms in total. The van der Waals surface area contributed by atoms with Crippen molar-refractivity contribution in [3.8, 4) is 0 Å². The van der Waals surface area contributed by atoms with Crippen molar-refractivity contribution >= 4 is 17.6 Å². The van der Waals surface area contributed by atoms with E-state index in [1.54, 1.807) is 24.2 Å². The minimum Gasteiger partial charge on any atom is -0.382 e. The first-order chi connectivity index (χ1) is 7.25. The van der Waals surface area contributed by atoms with Crippen LogP contribution in [0.1, 0.15) is 31.9 Å². The lowest BCUT2D eigenvalue weighted by Gasteiger charge is -2.04. The summed E-state index contributed by atoms with van der Waals surface area (Å²) in [7, 11) is 0. The highest BCUT2D eigenvalue weighted by atomic mass is 32.2. The molecule has 0 unspecified atom stereocenters. The second-order valence-electron chi connectivity index (χ2n) is 3.18. The molecule has 1 heterocycles. The van der Waals surface area contributed by atoms with Crippen LogP contribution in [0, 0.1) is 5.41 Å². The number of amidine groups is 1. The standard InChI is InChI=1S/C10H16N4S/c1-2-3-4-7-15-10-8(9(11)12)13-5-6-14-10/h5-6H,2-4,7H2,1H3,(H3,11,12). The molecule has 0 saturated carbocycles. The Morgan fingerprint density at radius 2 is 2.13 bits per heavy atom. The zero-order chi connectivity index (χ0) is 11.1. The molecule has 0 atom stereocenters. The van der Waals surface area contributed by atoms with Gasteiger partial charge in [-0.05, 0) is 12.2 Å². The van der Waals surface area contributed by atoms with Crippen molar-refractivity contribution < 1.29 is 0 Å². The summed E-state index contributed by atoms with van der Waals surface area (Å²) in [6, 6.07) is 0. The summed E-state index contributed by atoms with van der Waals surface area (Å²) in [5.41, 5.74) is 5.91. The van der Waals surface area contributed by atoms with Crippen molar-refractivity contribution in [1.29, 1.82) is 5.41 Å². The van der Waals surface area contributed by atoms with E-state index in [4.69, 9.17) is 11.1 Å². The highest BCUT2D eigenvalue weighted by molar-refractivity contribution is 7.99. The van der Waals surface area contributed by atoms with Crippen LogP contribution in [0.5, 0.6) is 0 Å². The fourth-order valence-corrected chi connectivity index (χ4v) is 2.11. The van der Waals surface area contributed by atoms with Gasteiger partial charge in [0.15, 0.2) is 0 Å². The Balaban J connectivity index is 2.56. The van der Waals surface area contributed by atoms with Crippen LogP contribution in [0.25, 0.3) is 0 Å². The lowest BCUT2D eigenvalue weighted by atomic mass is 10.3. The van der Waals surface area contributed by atoms with Gasteiger partial charge in [0.1, 0.15) is 16.6 Å². The molecule has 1 rings (SSSR count). The highest BCUT2D eigenvalue weighted by Gasteiger charge is 2.07. The minimum atomic E-state index is -0.0129. The maximum atomic E-state index is 7.35. The topological polar surface area (TPSA) is 75.7 Å². The zero-order valence-electron chi connectivity index (χ0n) is 8.86. The van der Waals surface area contributed by atoms with Crippen molar-refractivity contribution in [3.05, 3.63) is 18.1 Å². The lowest BCUT2D eigenvalue weighted by Crippen LogP contribution is -2.15. The van der Waals surface area contributed by atoms with Crippen molar-refractivity contribution in [1.82, 2.24) is 9.97 Å². The first kappa shape index (κ1) is 12.0. The average molecular weight is 224 g/mol. The van der Waals surface area contributed by atoms with E-state index in [0.717, 1.165) is 17.2 Å². The summed E-state index contributed by atoms with van der Waals surface area (Å²) in [4.78, 5) is 8.22. The molecule has 0 amide bonds. The second-order valence-corrected chi connectivity index (χ2v) is 4.26. The van der Waals surface area contributed by atoms with Gasteiger partial charge in [-0.2, -0.15) is 0 Å². The number of nitrogens with one attached hydrogen (secondary N) is 1. The molecule has 15 heavy (non-hydrogen) atoms. The van der Waals surface area contributed by atoms with E-state index >= 15 is 0 Å². The molecule has 1 aromatic heterocycles. The van der Waals surface area contributed by atoms with E-state index < -0.39 is 0 Å². The van der Waals surface area contributed by atoms with Crippen LogP contribution in [-0.2, 0) is 0 Å². The van der Waals surface area contributed by atoms with Gasteiger partial charge in [0.25, 0.3) is 0 Å². The molecule has 0 aliphatic rings. The number of unbranched alkanes of at least 4 members (excludes halogenated alkanes) is 2. The van der Waals surface area contributed by atoms with E-state index in [2.05, 4.69) is 16.9 Å². The van der Waals surface area contributed by atoms with E-state index in [9.17, 15) is 0 Å². The summed E-state index contributed by atoms with van der Waals surface area (Å²) in [5.74, 6) is 0.994. The molecule has 0 fully saturated rings. The normalized spacial score (nSPS) is 10.2. The van der Waals surface area contributed by atoms with Crippen molar-refractivity contribution in [2.45, 2.75) is 31.2 Å². The number of nitrogens with zero attached hydrogens (tertiary/aromatic N) is 2. The summed E-state index contributed by atoms with van der Waals surface area (Å²) in [5, 5.41) is 8.12. The lowest BCUT2D eigenvalue weighted by molar-refractivity contribution is 0.778. The number of hydrogen-bond donors (Lipinski definition) is 2. The van der Waals surface area contributed by atoms with Gasteiger partial charge in [-0.15, -0.1) is 11.8 Å². The third-order valence-corrected chi connectivity index (χ3v) is 2.97. The van der Waals surface area contributed by atoms with Gasteiger partial charge < -0.3 is 5.73 Å². The molecule has 82 valence electrons. The molecule has 0 saturated heterocycles. The number of rotatable bonds is 6. The van der Waals surface area contributed by atoms with Crippen LogP contribution >= 0.6 is 11.8 Å². The predicted octanol–water partition coefficient (Wildman–Crippen LogP) is 2.04. The van der Waals surface area contributed by atoms with Gasteiger partial charge in [-0.25, -0.2) is 9.97 Å². The van der Waals surface area contributed by atoms with Crippen LogP contribution in [-0.4, -0.2) is 21.6 Å². The first-order valence-corrected chi connectivity index (χ1v) is 6.02. The van der Waals surface area contributed by atoms with E-state index in [-0.39, 0.29) is 5.84 Å². The average Bonchev–Trinajstić information content (AvgIpc) is 2.25. The molecule has 1 aromatic rings. The maximum absolute atomic E-state index is 7.35. The molecule has 0 aliphatic heterocycles. The smallest absolute Gasteiger partial charge is 0.144 e. The molecule has 3 N–H and O–H groups in total. The first-order valence-electron chi connectivity index (χ1n) is 5.04. The Bertz CT molecular complexity index is 327. The summed E-state index contributed by atoms with van der Waals surface area (Å²) in [6.45, 7) is 2.17. The highest BCUT2D eigenvalue weighted by Crippen LogP contribution is 2.19. The summed E-state index contributed by atoms with van der Waals surface area (Å²) >= 11 is 1.62. The number of hydrogen-bond acceptors (Lipinski definition) is 4. The van der Waals surface area contributed by atoms with Gasteiger partial charge in [-0.1, -0.05) is 19.8 Å². The summed E-state index contributed by atoms with van der Waals surface area (Å²) in [6.07, 6.45) is 6.79. The fraction of sp³-hybridized carbons (Fsp3) is 0.500. The van der Waals surface area contributed by atoms with Crippen molar-refractivity contribution in [2.24, 2.45) is 5.73 Å². The van der Waals surface area contributed by atoms with Crippen LogP contribution in [0.15, 0.2) is 17.4 Å². The molecule has 0 radical (unpaired) electrons. The maximum Gasteiger partial charge on any atom is 0.144 e. The van der Waals surface area contributed by atoms with Crippen LogP contribution in [0.4, 0.5) is 0 Å². The zero-order valence-corrected chi connectivity index (χ0v) is 9.68. The third kappa shape index (κ3) is 3.87. The predicted molar refractivity (Wildman–Crippen MR) is 63.3 cm³/mol. The fourth-order valence-electron chi connectivity index (χ4n) is 1.14. The Morgan fingerprint density at radius 3 is 2.80 bits per heavy atom. The Hall–Kier alpha value is -1.10. The van der Waals surface area contributed by atoms with Crippen molar-refractivity contribution in [3.63, 3.8) is 0 Å². The Labute approximate surface area is 94.2 Å². The second kappa shape index (κ2) is 6.40. The minimum absolute atomic E-state index is 0.0129. The van der Waals surface area contributed by atoms with E-state index in [1.807, 2.05) is 0 Å². The molecular formula is C10H16N4S.